The molecule has 1 saturated carbocycles. The van der Waals surface area contributed by atoms with Gasteiger partial charge in [-0.3, -0.25) is 0 Å². The van der Waals surface area contributed by atoms with Crippen LogP contribution in [0.5, 0.6) is 0 Å². The van der Waals surface area contributed by atoms with Gasteiger partial charge in [-0.05, 0) is 31.2 Å². The molecule has 21 heavy (non-hydrogen) atoms. The average Bonchev–Trinajstić information content (AvgIpc) is 2.93. The van der Waals surface area contributed by atoms with Crippen LogP contribution >= 0.6 is 11.3 Å². The molecule has 1 aliphatic rings. The summed E-state index contributed by atoms with van der Waals surface area (Å²) in [7, 11) is 0. The van der Waals surface area contributed by atoms with Crippen LogP contribution in [0.1, 0.15) is 63.6 Å². The zero-order chi connectivity index (χ0) is 15.1. The molecular weight excluding hydrogens is 280 g/mol. The first-order valence-corrected chi connectivity index (χ1v) is 9.31. The quantitative estimate of drug-likeness (QED) is 0.774. The van der Waals surface area contributed by atoms with E-state index in [2.05, 4.69) is 36.5 Å². The minimum atomic E-state index is 0.452. The molecule has 120 valence electrons. The van der Waals surface area contributed by atoms with Crippen molar-refractivity contribution < 1.29 is 4.74 Å². The highest BCUT2D eigenvalue weighted by Crippen LogP contribution is 2.29. The minimum absolute atomic E-state index is 0.452. The summed E-state index contributed by atoms with van der Waals surface area (Å²) in [6.45, 7) is 9.35. The largest absolute Gasteiger partial charge is 0.372 e. The van der Waals surface area contributed by atoms with Gasteiger partial charge in [0.1, 0.15) is 5.01 Å². The molecule has 0 saturated heterocycles. The van der Waals surface area contributed by atoms with Crippen molar-refractivity contribution in [1.29, 1.82) is 0 Å². The summed E-state index contributed by atoms with van der Waals surface area (Å²) in [4.78, 5) is 4.66. The van der Waals surface area contributed by atoms with E-state index in [1.165, 1.54) is 37.1 Å². The SMILES string of the molecule is CCC1CCCC(OCc2csc(CNCC(C)C)n2)C1. The molecule has 1 aliphatic carbocycles. The van der Waals surface area contributed by atoms with Crippen molar-refractivity contribution in [1.82, 2.24) is 10.3 Å². The normalized spacial score (nSPS) is 22.9. The van der Waals surface area contributed by atoms with Crippen LogP contribution in [0.25, 0.3) is 0 Å². The molecular formula is C17H30N2OS. The van der Waals surface area contributed by atoms with Crippen LogP contribution in [0.2, 0.25) is 0 Å². The van der Waals surface area contributed by atoms with Crippen LogP contribution in [0.15, 0.2) is 5.38 Å². The second-order valence-electron chi connectivity index (χ2n) is 6.63. The van der Waals surface area contributed by atoms with Gasteiger partial charge in [0.15, 0.2) is 0 Å². The summed E-state index contributed by atoms with van der Waals surface area (Å²) in [5.74, 6) is 1.56. The number of thiazole rings is 1. The fourth-order valence-electron chi connectivity index (χ4n) is 2.93. The van der Waals surface area contributed by atoms with E-state index in [0.29, 0.717) is 18.6 Å². The second-order valence-corrected chi connectivity index (χ2v) is 7.57. The maximum Gasteiger partial charge on any atom is 0.107 e. The van der Waals surface area contributed by atoms with Crippen molar-refractivity contribution in [2.45, 2.75) is 72.1 Å². The monoisotopic (exact) mass is 310 g/mol. The summed E-state index contributed by atoms with van der Waals surface area (Å²) in [6.07, 6.45) is 6.92. The Morgan fingerprint density at radius 3 is 3.05 bits per heavy atom. The van der Waals surface area contributed by atoms with E-state index in [9.17, 15) is 0 Å². The van der Waals surface area contributed by atoms with Crippen LogP contribution in [0, 0.1) is 11.8 Å². The molecule has 0 amide bonds. The Balaban J connectivity index is 1.70. The Bertz CT molecular complexity index is 405. The molecule has 1 N–H and O–H groups in total. The number of hydrogen-bond acceptors (Lipinski definition) is 4. The van der Waals surface area contributed by atoms with Crippen molar-refractivity contribution in [3.8, 4) is 0 Å². The van der Waals surface area contributed by atoms with E-state index >= 15 is 0 Å². The molecule has 2 rings (SSSR count). The maximum atomic E-state index is 6.08. The van der Waals surface area contributed by atoms with Gasteiger partial charge in [-0.2, -0.15) is 0 Å². The fourth-order valence-corrected chi connectivity index (χ4v) is 3.68. The highest BCUT2D eigenvalue weighted by molar-refractivity contribution is 7.09. The number of aromatic nitrogens is 1. The first kappa shape index (κ1) is 16.9. The van der Waals surface area contributed by atoms with E-state index in [1.54, 1.807) is 11.3 Å². The van der Waals surface area contributed by atoms with Crippen LogP contribution in [-0.4, -0.2) is 17.6 Å². The summed E-state index contributed by atoms with van der Waals surface area (Å²) in [6, 6.07) is 0. The maximum absolute atomic E-state index is 6.08. The standard InChI is InChI=1S/C17H30N2OS/c1-4-14-6-5-7-16(8-14)20-11-15-12-21-17(19-15)10-18-9-13(2)3/h12-14,16,18H,4-11H2,1-3H3. The van der Waals surface area contributed by atoms with E-state index in [0.717, 1.165) is 24.7 Å². The van der Waals surface area contributed by atoms with Gasteiger partial charge in [0.2, 0.25) is 0 Å². The van der Waals surface area contributed by atoms with Crippen LogP contribution in [0.3, 0.4) is 0 Å². The Labute approximate surface area is 133 Å². The number of ether oxygens (including phenoxy) is 1. The second kappa shape index (κ2) is 8.86. The Morgan fingerprint density at radius 2 is 2.29 bits per heavy atom. The van der Waals surface area contributed by atoms with Crippen LogP contribution in [-0.2, 0) is 17.9 Å². The summed E-state index contributed by atoms with van der Waals surface area (Å²) >= 11 is 1.74. The van der Waals surface area contributed by atoms with Gasteiger partial charge < -0.3 is 10.1 Å². The van der Waals surface area contributed by atoms with Crippen molar-refractivity contribution in [2.75, 3.05) is 6.54 Å². The fraction of sp³-hybridized carbons (Fsp3) is 0.824. The van der Waals surface area contributed by atoms with Gasteiger partial charge in [0, 0.05) is 11.9 Å². The highest BCUT2D eigenvalue weighted by Gasteiger charge is 2.21. The van der Waals surface area contributed by atoms with Crippen LogP contribution in [0.4, 0.5) is 0 Å². The molecule has 0 aromatic carbocycles. The molecule has 1 aromatic heterocycles. The van der Waals surface area contributed by atoms with Crippen LogP contribution < -0.4 is 5.32 Å². The molecule has 0 spiro atoms. The highest BCUT2D eigenvalue weighted by atomic mass is 32.1. The molecule has 1 heterocycles. The molecule has 2 unspecified atom stereocenters. The zero-order valence-corrected chi connectivity index (χ0v) is 14.5. The van der Waals surface area contributed by atoms with Gasteiger partial charge in [0.25, 0.3) is 0 Å². The molecule has 1 fully saturated rings. The van der Waals surface area contributed by atoms with Gasteiger partial charge in [-0.15, -0.1) is 11.3 Å². The van der Waals surface area contributed by atoms with Crippen molar-refractivity contribution in [2.24, 2.45) is 11.8 Å². The lowest BCUT2D eigenvalue weighted by Gasteiger charge is -2.28. The van der Waals surface area contributed by atoms with E-state index in [4.69, 9.17) is 4.74 Å². The lowest BCUT2D eigenvalue weighted by atomic mass is 9.85. The minimum Gasteiger partial charge on any atom is -0.372 e. The molecule has 4 heteroatoms. The topological polar surface area (TPSA) is 34.1 Å². The number of hydrogen-bond donors (Lipinski definition) is 1. The molecule has 0 bridgehead atoms. The van der Waals surface area contributed by atoms with E-state index in [-0.39, 0.29) is 0 Å². The summed E-state index contributed by atoms with van der Waals surface area (Å²) in [5.41, 5.74) is 1.10. The third kappa shape index (κ3) is 6.05. The molecule has 2 atom stereocenters. The predicted molar refractivity (Wildman–Crippen MR) is 89.5 cm³/mol. The smallest absolute Gasteiger partial charge is 0.107 e. The van der Waals surface area contributed by atoms with E-state index < -0.39 is 0 Å². The number of nitrogens with zero attached hydrogens (tertiary/aromatic N) is 1. The molecule has 1 aromatic rings. The third-order valence-corrected chi connectivity index (χ3v) is 5.10. The van der Waals surface area contributed by atoms with Crippen molar-refractivity contribution in [3.05, 3.63) is 16.1 Å². The average molecular weight is 311 g/mol. The molecule has 0 radical (unpaired) electrons. The predicted octanol–water partition coefficient (Wildman–Crippen LogP) is 4.37. The summed E-state index contributed by atoms with van der Waals surface area (Å²) in [5, 5.41) is 6.76. The zero-order valence-electron chi connectivity index (χ0n) is 13.7. The van der Waals surface area contributed by atoms with Gasteiger partial charge in [-0.25, -0.2) is 4.98 Å². The summed E-state index contributed by atoms with van der Waals surface area (Å²) < 4.78 is 6.08. The number of rotatable bonds is 8. The first-order valence-electron chi connectivity index (χ1n) is 8.43. The van der Waals surface area contributed by atoms with Crippen molar-refractivity contribution >= 4 is 11.3 Å². The Hall–Kier alpha value is -0.450. The van der Waals surface area contributed by atoms with Gasteiger partial charge >= 0.3 is 0 Å². The Kier molecular flexibility index (Phi) is 7.14. The van der Waals surface area contributed by atoms with Crippen molar-refractivity contribution in [3.63, 3.8) is 0 Å². The van der Waals surface area contributed by atoms with E-state index in [1.807, 2.05) is 0 Å². The number of nitrogens with one attached hydrogen (secondary N) is 1. The third-order valence-electron chi connectivity index (χ3n) is 4.21. The molecule has 3 nitrogen and oxygen atoms in total. The Morgan fingerprint density at radius 1 is 1.43 bits per heavy atom. The lowest BCUT2D eigenvalue weighted by Crippen LogP contribution is -2.22. The van der Waals surface area contributed by atoms with Gasteiger partial charge in [-0.1, -0.05) is 40.0 Å². The lowest BCUT2D eigenvalue weighted by molar-refractivity contribution is 0.000498. The first-order chi connectivity index (χ1) is 10.2. The molecule has 0 aliphatic heterocycles. The van der Waals surface area contributed by atoms with Gasteiger partial charge in [0.05, 0.1) is 18.4 Å².